The van der Waals surface area contributed by atoms with Gasteiger partial charge in [0.1, 0.15) is 4.60 Å². The number of aromatic nitrogens is 1. The van der Waals surface area contributed by atoms with E-state index in [2.05, 4.69) is 26.2 Å². The molecule has 1 N–H and O–H groups in total. The van der Waals surface area contributed by atoms with Gasteiger partial charge >= 0.3 is 5.97 Å². The molecule has 0 fully saturated rings. The lowest BCUT2D eigenvalue weighted by Gasteiger charge is -2.06. The molecule has 0 unspecified atom stereocenters. The Kier molecular flexibility index (Phi) is 5.05. The summed E-state index contributed by atoms with van der Waals surface area (Å²) >= 11 is 3.21. The first-order valence-electron chi connectivity index (χ1n) is 6.30. The Morgan fingerprint density at radius 2 is 1.81 bits per heavy atom. The third-order valence-corrected chi connectivity index (χ3v) is 3.11. The first-order chi connectivity index (χ1) is 10.1. The quantitative estimate of drug-likeness (QED) is 0.680. The number of ether oxygens (including phenoxy) is 1. The summed E-state index contributed by atoms with van der Waals surface area (Å²) in [5.41, 5.74) is 1.49. The third-order valence-electron chi connectivity index (χ3n) is 2.64. The van der Waals surface area contributed by atoms with Gasteiger partial charge in [0, 0.05) is 11.9 Å². The first-order valence-corrected chi connectivity index (χ1v) is 7.09. The number of hydrogen-bond donors (Lipinski definition) is 1. The molecule has 108 valence electrons. The molecule has 1 heterocycles. The molecule has 2 rings (SSSR count). The second-order valence-corrected chi connectivity index (χ2v) is 4.93. The van der Waals surface area contributed by atoms with Gasteiger partial charge in [0.15, 0.2) is 0 Å². The number of amides is 1. The van der Waals surface area contributed by atoms with Gasteiger partial charge in [-0.3, -0.25) is 4.79 Å². The lowest BCUT2D eigenvalue weighted by Crippen LogP contribution is -2.12. The van der Waals surface area contributed by atoms with Crippen LogP contribution in [0.2, 0.25) is 0 Å². The topological polar surface area (TPSA) is 68.3 Å². The van der Waals surface area contributed by atoms with Gasteiger partial charge in [-0.25, -0.2) is 9.78 Å². The van der Waals surface area contributed by atoms with Crippen LogP contribution in [0.1, 0.15) is 27.6 Å². The van der Waals surface area contributed by atoms with Crippen molar-refractivity contribution in [1.29, 1.82) is 0 Å². The number of carbonyl (C=O) groups excluding carboxylic acids is 2. The van der Waals surface area contributed by atoms with Crippen LogP contribution >= 0.6 is 15.9 Å². The van der Waals surface area contributed by atoms with E-state index in [9.17, 15) is 9.59 Å². The molecular formula is C15H13BrN2O3. The summed E-state index contributed by atoms with van der Waals surface area (Å²) in [4.78, 5) is 27.5. The van der Waals surface area contributed by atoms with Crippen LogP contribution in [-0.2, 0) is 4.74 Å². The lowest BCUT2D eigenvalue weighted by molar-refractivity contribution is 0.0526. The van der Waals surface area contributed by atoms with Crippen LogP contribution < -0.4 is 5.32 Å². The lowest BCUT2D eigenvalue weighted by atomic mass is 10.2. The van der Waals surface area contributed by atoms with E-state index in [4.69, 9.17) is 4.74 Å². The van der Waals surface area contributed by atoms with E-state index in [1.54, 1.807) is 43.3 Å². The number of rotatable bonds is 4. The molecule has 0 radical (unpaired) electrons. The van der Waals surface area contributed by atoms with E-state index in [1.165, 1.54) is 6.20 Å². The molecule has 0 aliphatic heterocycles. The Labute approximate surface area is 130 Å². The summed E-state index contributed by atoms with van der Waals surface area (Å²) in [6, 6.07) is 9.87. The van der Waals surface area contributed by atoms with Crippen molar-refractivity contribution in [2.45, 2.75) is 6.92 Å². The molecule has 5 nitrogen and oxygen atoms in total. The van der Waals surface area contributed by atoms with Crippen molar-refractivity contribution in [1.82, 2.24) is 4.98 Å². The molecule has 0 atom stereocenters. The van der Waals surface area contributed by atoms with Crippen LogP contribution in [0.3, 0.4) is 0 Å². The summed E-state index contributed by atoms with van der Waals surface area (Å²) in [6.07, 6.45) is 1.48. The minimum Gasteiger partial charge on any atom is -0.462 e. The molecule has 0 bridgehead atoms. The highest BCUT2D eigenvalue weighted by molar-refractivity contribution is 9.10. The Hall–Kier alpha value is -2.21. The average Bonchev–Trinajstić information content (AvgIpc) is 2.49. The van der Waals surface area contributed by atoms with E-state index in [0.717, 1.165) is 0 Å². The largest absolute Gasteiger partial charge is 0.462 e. The van der Waals surface area contributed by atoms with Crippen molar-refractivity contribution in [3.05, 3.63) is 58.3 Å². The molecule has 6 heteroatoms. The molecule has 0 spiro atoms. The van der Waals surface area contributed by atoms with Crippen molar-refractivity contribution in [2.24, 2.45) is 0 Å². The number of nitrogens with one attached hydrogen (secondary N) is 1. The summed E-state index contributed by atoms with van der Waals surface area (Å²) in [7, 11) is 0. The van der Waals surface area contributed by atoms with Crippen molar-refractivity contribution < 1.29 is 14.3 Å². The minimum atomic E-state index is -0.382. The zero-order chi connectivity index (χ0) is 15.2. The molecular weight excluding hydrogens is 336 g/mol. The smallest absolute Gasteiger partial charge is 0.338 e. The number of hydrogen-bond acceptors (Lipinski definition) is 4. The average molecular weight is 349 g/mol. The first kappa shape index (κ1) is 15.2. The zero-order valence-electron chi connectivity index (χ0n) is 11.3. The SMILES string of the molecule is CCOC(=O)c1ccc(NC(=O)c2ccc(Br)nc2)cc1. The maximum atomic E-state index is 12.0. The molecule has 0 saturated heterocycles. The van der Waals surface area contributed by atoms with Crippen LogP contribution in [-0.4, -0.2) is 23.5 Å². The number of benzene rings is 1. The number of anilines is 1. The molecule has 1 aromatic carbocycles. The van der Waals surface area contributed by atoms with Gasteiger partial charge in [0.2, 0.25) is 0 Å². The molecule has 0 aliphatic rings. The molecule has 1 amide bonds. The highest BCUT2D eigenvalue weighted by Gasteiger charge is 2.08. The van der Waals surface area contributed by atoms with E-state index in [-0.39, 0.29) is 11.9 Å². The molecule has 0 aliphatic carbocycles. The van der Waals surface area contributed by atoms with Gasteiger partial charge < -0.3 is 10.1 Å². The summed E-state index contributed by atoms with van der Waals surface area (Å²) in [6.45, 7) is 2.08. The van der Waals surface area contributed by atoms with Gasteiger partial charge in [-0.2, -0.15) is 0 Å². The Balaban J connectivity index is 2.04. The molecule has 21 heavy (non-hydrogen) atoms. The minimum absolute atomic E-state index is 0.265. The standard InChI is InChI=1S/C15H13BrN2O3/c1-2-21-15(20)10-3-6-12(7-4-10)18-14(19)11-5-8-13(16)17-9-11/h3-9H,2H2,1H3,(H,18,19). The highest BCUT2D eigenvalue weighted by atomic mass is 79.9. The fourth-order valence-corrected chi connectivity index (χ4v) is 1.85. The zero-order valence-corrected chi connectivity index (χ0v) is 12.9. The third kappa shape index (κ3) is 4.13. The summed E-state index contributed by atoms with van der Waals surface area (Å²) < 4.78 is 5.56. The second-order valence-electron chi connectivity index (χ2n) is 4.12. The van der Waals surface area contributed by atoms with E-state index in [1.807, 2.05) is 0 Å². The maximum absolute atomic E-state index is 12.0. The summed E-state index contributed by atoms with van der Waals surface area (Å²) in [5, 5.41) is 2.73. The van der Waals surface area contributed by atoms with Crippen molar-refractivity contribution in [2.75, 3.05) is 11.9 Å². The van der Waals surface area contributed by atoms with E-state index in [0.29, 0.717) is 28.0 Å². The Morgan fingerprint density at radius 3 is 2.38 bits per heavy atom. The number of esters is 1. The van der Waals surface area contributed by atoms with Crippen molar-refractivity contribution in [3.8, 4) is 0 Å². The van der Waals surface area contributed by atoms with Gasteiger partial charge in [0.25, 0.3) is 5.91 Å². The van der Waals surface area contributed by atoms with Crippen LogP contribution in [0, 0.1) is 0 Å². The monoisotopic (exact) mass is 348 g/mol. The Morgan fingerprint density at radius 1 is 1.14 bits per heavy atom. The van der Waals surface area contributed by atoms with Crippen LogP contribution in [0.25, 0.3) is 0 Å². The predicted molar refractivity (Wildman–Crippen MR) is 82.3 cm³/mol. The van der Waals surface area contributed by atoms with Gasteiger partial charge in [-0.05, 0) is 59.3 Å². The maximum Gasteiger partial charge on any atom is 0.338 e. The summed E-state index contributed by atoms with van der Waals surface area (Å²) in [5.74, 6) is -0.647. The van der Waals surface area contributed by atoms with Crippen molar-refractivity contribution >= 4 is 33.5 Å². The van der Waals surface area contributed by atoms with Crippen LogP contribution in [0.4, 0.5) is 5.69 Å². The van der Waals surface area contributed by atoms with Gasteiger partial charge in [0.05, 0.1) is 17.7 Å². The van der Waals surface area contributed by atoms with E-state index >= 15 is 0 Å². The fourth-order valence-electron chi connectivity index (χ4n) is 1.62. The van der Waals surface area contributed by atoms with Crippen LogP contribution in [0.5, 0.6) is 0 Å². The van der Waals surface area contributed by atoms with Crippen molar-refractivity contribution in [3.63, 3.8) is 0 Å². The number of carbonyl (C=O) groups is 2. The number of nitrogens with zero attached hydrogens (tertiary/aromatic N) is 1. The number of halogens is 1. The fraction of sp³-hybridized carbons (Fsp3) is 0.133. The molecule has 1 aromatic heterocycles. The van der Waals surface area contributed by atoms with E-state index < -0.39 is 0 Å². The van der Waals surface area contributed by atoms with Crippen LogP contribution in [0.15, 0.2) is 47.2 Å². The predicted octanol–water partition coefficient (Wildman–Crippen LogP) is 3.27. The second kappa shape index (κ2) is 6.99. The normalized spacial score (nSPS) is 10.0. The molecule has 0 saturated carbocycles. The highest BCUT2D eigenvalue weighted by Crippen LogP contribution is 2.13. The molecule has 2 aromatic rings. The Bertz CT molecular complexity index is 639. The van der Waals surface area contributed by atoms with Gasteiger partial charge in [-0.15, -0.1) is 0 Å². The number of pyridine rings is 1. The van der Waals surface area contributed by atoms with Gasteiger partial charge in [-0.1, -0.05) is 0 Å².